The molecule has 3 aliphatic heterocycles. The molecular weight excluding hydrogens is 535 g/mol. The van der Waals surface area contributed by atoms with Crippen LogP contribution in [0.25, 0.3) is 0 Å². The molecule has 10 heteroatoms. The van der Waals surface area contributed by atoms with Crippen LogP contribution in [0.15, 0.2) is 42.6 Å². The first-order valence-electron chi connectivity index (χ1n) is 13.5. The number of hydrogen-bond donors (Lipinski definition) is 2. The largest absolute Gasteiger partial charge is 0.455 e. The van der Waals surface area contributed by atoms with Gasteiger partial charge in [0.2, 0.25) is 11.8 Å². The van der Waals surface area contributed by atoms with E-state index in [0.29, 0.717) is 33.5 Å². The average molecular weight is 568 g/mol. The van der Waals surface area contributed by atoms with Crippen molar-refractivity contribution in [2.45, 2.75) is 31.6 Å². The number of nitrogens with zero attached hydrogens (tertiary/aromatic N) is 4. The molecule has 2 N–H and O–H groups in total. The van der Waals surface area contributed by atoms with Crippen molar-refractivity contribution in [3.05, 3.63) is 69.3 Å². The van der Waals surface area contributed by atoms with Crippen LogP contribution in [0.1, 0.15) is 46.7 Å². The third-order valence-corrected chi connectivity index (χ3v) is 8.55. The molecule has 1 unspecified atom stereocenters. The molecule has 0 bridgehead atoms. The smallest absolute Gasteiger partial charge is 0.268 e. The molecule has 2 saturated heterocycles. The number of amides is 1. The first-order valence-corrected chi connectivity index (χ1v) is 14.3. The third-order valence-electron chi connectivity index (χ3n) is 7.94. The Morgan fingerprint density at radius 2 is 1.92 bits per heavy atom. The number of para-hydroxylation sites is 1. The summed E-state index contributed by atoms with van der Waals surface area (Å²) in [6, 6.07) is 11.7. The number of fused-ring (bicyclic) bond motifs is 1. The summed E-state index contributed by atoms with van der Waals surface area (Å²) in [5.41, 5.74) is 4.48. The fraction of sp³-hybridized carbons (Fsp3) is 0.414. The van der Waals surface area contributed by atoms with Crippen molar-refractivity contribution in [2.24, 2.45) is 5.92 Å². The predicted octanol–water partition coefficient (Wildman–Crippen LogP) is 5.48. The second-order valence-corrected chi connectivity index (χ2v) is 11.5. The quantitative estimate of drug-likeness (QED) is 0.408. The van der Waals surface area contributed by atoms with E-state index in [1.54, 1.807) is 18.2 Å². The Morgan fingerprint density at radius 1 is 1.13 bits per heavy atom. The molecule has 4 heterocycles. The minimum absolute atomic E-state index is 0.0450. The summed E-state index contributed by atoms with van der Waals surface area (Å²) in [5, 5.41) is 7.57. The fourth-order valence-electron chi connectivity index (χ4n) is 5.95. The summed E-state index contributed by atoms with van der Waals surface area (Å²) in [6.45, 7) is 4.39. The zero-order valence-corrected chi connectivity index (χ0v) is 23.4. The zero-order valence-electron chi connectivity index (χ0n) is 21.9. The molecule has 1 atom stereocenters. The van der Waals surface area contributed by atoms with Crippen molar-refractivity contribution in [1.29, 1.82) is 0 Å². The lowest BCUT2D eigenvalue weighted by atomic mass is 9.84. The second-order valence-electron chi connectivity index (χ2n) is 10.7. The van der Waals surface area contributed by atoms with Crippen molar-refractivity contribution >= 4 is 46.4 Å². The van der Waals surface area contributed by atoms with E-state index in [-0.39, 0.29) is 24.1 Å². The third kappa shape index (κ3) is 5.57. The second kappa shape index (κ2) is 11.3. The number of ether oxygens (including phenoxy) is 1. The Kier molecular flexibility index (Phi) is 7.62. The number of hydrogen-bond acceptors (Lipinski definition) is 7. The van der Waals surface area contributed by atoms with Crippen LogP contribution in [0.4, 0.5) is 17.3 Å². The summed E-state index contributed by atoms with van der Waals surface area (Å²) in [5.74, 6) is 1.56. The molecule has 0 saturated carbocycles. The summed E-state index contributed by atoms with van der Waals surface area (Å²) in [7, 11) is 2.20. The van der Waals surface area contributed by atoms with Crippen molar-refractivity contribution in [1.82, 2.24) is 20.2 Å². The van der Waals surface area contributed by atoms with Crippen LogP contribution < -0.4 is 20.3 Å². The lowest BCUT2D eigenvalue weighted by Gasteiger charge is -2.29. The highest BCUT2D eigenvalue weighted by Gasteiger charge is 2.31. The number of likely N-dealkylation sites (tertiary alicyclic amines) is 1. The maximum atomic E-state index is 13.2. The Labute approximate surface area is 238 Å². The van der Waals surface area contributed by atoms with Gasteiger partial charge in [0.1, 0.15) is 5.56 Å². The Morgan fingerprint density at radius 3 is 2.67 bits per heavy atom. The monoisotopic (exact) mass is 566 g/mol. The lowest BCUT2D eigenvalue weighted by Crippen LogP contribution is -2.39. The van der Waals surface area contributed by atoms with E-state index in [4.69, 9.17) is 27.9 Å². The van der Waals surface area contributed by atoms with Crippen molar-refractivity contribution < 1.29 is 9.53 Å². The topological polar surface area (TPSA) is 82.6 Å². The van der Waals surface area contributed by atoms with Gasteiger partial charge in [-0.25, -0.2) is 4.98 Å². The zero-order chi connectivity index (χ0) is 26.9. The number of piperidine rings is 1. The van der Waals surface area contributed by atoms with Gasteiger partial charge in [0.25, 0.3) is 5.91 Å². The number of rotatable bonds is 6. The van der Waals surface area contributed by atoms with Gasteiger partial charge in [-0.1, -0.05) is 35.3 Å². The van der Waals surface area contributed by atoms with Crippen molar-refractivity contribution in [2.75, 3.05) is 50.2 Å². The van der Waals surface area contributed by atoms with Gasteiger partial charge in [-0.3, -0.25) is 9.69 Å². The summed E-state index contributed by atoms with van der Waals surface area (Å²) in [4.78, 5) is 26.0. The van der Waals surface area contributed by atoms with E-state index in [9.17, 15) is 4.79 Å². The molecule has 2 aromatic carbocycles. The number of carbonyl (C=O) groups is 1. The van der Waals surface area contributed by atoms with Gasteiger partial charge >= 0.3 is 0 Å². The van der Waals surface area contributed by atoms with E-state index in [1.807, 2.05) is 0 Å². The Bertz CT molecular complexity index is 1360. The van der Waals surface area contributed by atoms with E-state index in [1.165, 1.54) is 41.5 Å². The molecular formula is C29H32Cl2N6O2. The summed E-state index contributed by atoms with van der Waals surface area (Å²) < 4.78 is 5.86. The molecule has 0 radical (unpaired) electrons. The molecule has 0 aliphatic carbocycles. The standard InChI is InChI=1S/C29H32Cl2N6O2/c1-36-12-9-18(16-36)13-20-14-21(5-6-22(20)19-7-10-32-11-8-19)34-29-33-15-23-27(35-29)39-17-37(28(23)38)26-24(30)3-2-4-25(26)31/h2-6,14-15,18-19,32H,7-13,16-17H2,1H3,(H,33,34,35). The van der Waals surface area contributed by atoms with Crippen LogP contribution in [0.3, 0.4) is 0 Å². The van der Waals surface area contributed by atoms with Gasteiger partial charge in [-0.15, -0.1) is 0 Å². The molecule has 1 amide bonds. The first kappa shape index (κ1) is 26.3. The van der Waals surface area contributed by atoms with Gasteiger partial charge in [-0.2, -0.15) is 4.98 Å². The lowest BCUT2D eigenvalue weighted by molar-refractivity contribution is 0.0932. The average Bonchev–Trinajstić information content (AvgIpc) is 3.34. The molecule has 0 spiro atoms. The van der Waals surface area contributed by atoms with Gasteiger partial charge in [0.15, 0.2) is 6.73 Å². The SMILES string of the molecule is CN1CCC(Cc2cc(Nc3ncc4c(n3)OCN(c3c(Cl)cccc3Cl)C4=O)ccc2C2CCNCC2)C1. The molecule has 3 aliphatic rings. The van der Waals surface area contributed by atoms with Crippen molar-refractivity contribution in [3.63, 3.8) is 0 Å². The maximum Gasteiger partial charge on any atom is 0.268 e. The number of carbonyl (C=O) groups excluding carboxylic acids is 1. The van der Waals surface area contributed by atoms with Crippen molar-refractivity contribution in [3.8, 4) is 5.88 Å². The number of nitrogens with one attached hydrogen (secondary N) is 2. The molecule has 39 heavy (non-hydrogen) atoms. The maximum absolute atomic E-state index is 13.2. The molecule has 6 rings (SSSR count). The van der Waals surface area contributed by atoms with Crippen LogP contribution in [0, 0.1) is 5.92 Å². The predicted molar refractivity (Wildman–Crippen MR) is 155 cm³/mol. The highest BCUT2D eigenvalue weighted by atomic mass is 35.5. The van der Waals surface area contributed by atoms with Gasteiger partial charge < -0.3 is 20.3 Å². The first-order chi connectivity index (χ1) is 19.0. The van der Waals surface area contributed by atoms with E-state index >= 15 is 0 Å². The highest BCUT2D eigenvalue weighted by molar-refractivity contribution is 6.40. The van der Waals surface area contributed by atoms with Crippen LogP contribution in [0.2, 0.25) is 10.0 Å². The Hall–Kier alpha value is -2.91. The Balaban J connectivity index is 1.23. The summed E-state index contributed by atoms with van der Waals surface area (Å²) in [6.07, 6.45) is 6.13. The van der Waals surface area contributed by atoms with E-state index < -0.39 is 0 Å². The minimum Gasteiger partial charge on any atom is -0.455 e. The normalized spacial score (nSPS) is 20.1. The van der Waals surface area contributed by atoms with E-state index in [0.717, 1.165) is 38.3 Å². The minimum atomic E-state index is -0.312. The van der Waals surface area contributed by atoms with Gasteiger partial charge in [0.05, 0.1) is 15.7 Å². The van der Waals surface area contributed by atoms with Gasteiger partial charge in [-0.05, 0) is 99.6 Å². The fourth-order valence-corrected chi connectivity index (χ4v) is 6.55. The van der Waals surface area contributed by atoms with Crippen LogP contribution >= 0.6 is 23.2 Å². The van der Waals surface area contributed by atoms with Crippen LogP contribution in [0.5, 0.6) is 5.88 Å². The molecule has 1 aromatic heterocycles. The van der Waals surface area contributed by atoms with E-state index in [2.05, 4.69) is 50.7 Å². The molecule has 2 fully saturated rings. The number of aromatic nitrogens is 2. The van der Waals surface area contributed by atoms with Gasteiger partial charge in [0, 0.05) is 18.4 Å². The molecule has 8 nitrogen and oxygen atoms in total. The number of halogens is 2. The molecule has 3 aromatic rings. The summed E-state index contributed by atoms with van der Waals surface area (Å²) >= 11 is 12.6. The van der Waals surface area contributed by atoms with Crippen LogP contribution in [-0.4, -0.2) is 60.7 Å². The highest BCUT2D eigenvalue weighted by Crippen LogP contribution is 2.37. The number of benzene rings is 2. The number of anilines is 3. The molecule has 204 valence electrons. The van der Waals surface area contributed by atoms with Crippen LogP contribution in [-0.2, 0) is 6.42 Å².